The lowest BCUT2D eigenvalue weighted by Crippen LogP contribution is -2.45. The van der Waals surface area contributed by atoms with Crippen LogP contribution in [0.2, 0.25) is 0 Å². The van der Waals surface area contributed by atoms with Crippen LogP contribution in [0.3, 0.4) is 0 Å². The van der Waals surface area contributed by atoms with Gasteiger partial charge in [-0.1, -0.05) is 6.42 Å². The van der Waals surface area contributed by atoms with E-state index in [1.165, 1.54) is 70.3 Å². The highest BCUT2D eigenvalue weighted by Gasteiger charge is 2.31. The molecule has 17 heavy (non-hydrogen) atoms. The van der Waals surface area contributed by atoms with Crippen molar-refractivity contribution in [2.75, 3.05) is 31.6 Å². The largest absolute Gasteiger partial charge is 0.314 e. The van der Waals surface area contributed by atoms with Crippen molar-refractivity contribution in [3.63, 3.8) is 0 Å². The summed E-state index contributed by atoms with van der Waals surface area (Å²) in [6.07, 6.45) is 12.0. The molecule has 0 spiro atoms. The Morgan fingerprint density at radius 3 is 3.00 bits per heavy atom. The lowest BCUT2D eigenvalue weighted by atomic mass is 9.97. The molecule has 2 rings (SSSR count). The number of hydrogen-bond donors (Lipinski definition) is 1. The topological polar surface area (TPSA) is 15.3 Å². The Labute approximate surface area is 111 Å². The van der Waals surface area contributed by atoms with E-state index in [1.807, 2.05) is 11.8 Å². The van der Waals surface area contributed by atoms with Crippen molar-refractivity contribution in [2.45, 2.75) is 57.0 Å². The van der Waals surface area contributed by atoms with Gasteiger partial charge in [-0.25, -0.2) is 0 Å². The number of hydrogen-bond acceptors (Lipinski definition) is 3. The average Bonchev–Trinajstić information content (AvgIpc) is 2.81. The summed E-state index contributed by atoms with van der Waals surface area (Å²) in [6.45, 7) is 3.95. The quantitative estimate of drug-likeness (QED) is 0.705. The normalized spacial score (nSPS) is 29.5. The Hall–Kier alpha value is 0.270. The first-order valence-corrected chi connectivity index (χ1v) is 8.76. The molecule has 0 aromatic heterocycles. The molecule has 1 N–H and O–H groups in total. The summed E-state index contributed by atoms with van der Waals surface area (Å²) in [5.74, 6) is 1.33. The van der Waals surface area contributed by atoms with E-state index in [4.69, 9.17) is 0 Å². The van der Waals surface area contributed by atoms with Gasteiger partial charge in [0.15, 0.2) is 0 Å². The molecule has 2 fully saturated rings. The van der Waals surface area contributed by atoms with E-state index in [0.29, 0.717) is 0 Å². The zero-order valence-electron chi connectivity index (χ0n) is 11.3. The van der Waals surface area contributed by atoms with Crippen LogP contribution in [0.1, 0.15) is 44.9 Å². The monoisotopic (exact) mass is 256 g/mol. The highest BCUT2D eigenvalue weighted by molar-refractivity contribution is 7.98. The zero-order valence-corrected chi connectivity index (χ0v) is 12.1. The molecule has 0 aromatic rings. The molecule has 0 amide bonds. The maximum Gasteiger partial charge on any atom is 0.0111 e. The van der Waals surface area contributed by atoms with Gasteiger partial charge in [0.1, 0.15) is 0 Å². The number of piperidine rings is 1. The molecule has 2 aliphatic rings. The standard InChI is InChI=1S/C14H28N2S/c1-17-11-4-2-3-8-15-13-7-10-16-9-5-6-14(16)12-13/h13-15H,2-12H2,1H3. The van der Waals surface area contributed by atoms with Crippen LogP contribution in [0.15, 0.2) is 0 Å². The van der Waals surface area contributed by atoms with Gasteiger partial charge in [0, 0.05) is 12.1 Å². The zero-order chi connectivity index (χ0) is 11.9. The van der Waals surface area contributed by atoms with Crippen molar-refractivity contribution in [3.8, 4) is 0 Å². The molecule has 2 aliphatic heterocycles. The molecule has 0 aliphatic carbocycles. The Morgan fingerprint density at radius 1 is 1.18 bits per heavy atom. The molecule has 2 saturated heterocycles. The lowest BCUT2D eigenvalue weighted by molar-refractivity contribution is 0.167. The maximum atomic E-state index is 3.78. The molecule has 0 aromatic carbocycles. The van der Waals surface area contributed by atoms with Crippen molar-refractivity contribution >= 4 is 11.8 Å². The van der Waals surface area contributed by atoms with E-state index in [1.54, 1.807) is 0 Å². The fourth-order valence-electron chi connectivity index (χ4n) is 3.26. The molecule has 2 atom stereocenters. The van der Waals surface area contributed by atoms with E-state index < -0.39 is 0 Å². The summed E-state index contributed by atoms with van der Waals surface area (Å²) in [5.41, 5.74) is 0. The van der Waals surface area contributed by atoms with E-state index in [-0.39, 0.29) is 0 Å². The molecule has 3 heteroatoms. The van der Waals surface area contributed by atoms with Gasteiger partial charge in [-0.2, -0.15) is 11.8 Å². The number of fused-ring (bicyclic) bond motifs is 1. The lowest BCUT2D eigenvalue weighted by Gasteiger charge is -2.35. The minimum Gasteiger partial charge on any atom is -0.314 e. The highest BCUT2D eigenvalue weighted by Crippen LogP contribution is 2.26. The SMILES string of the molecule is CSCCCCCNC1CCN2CCCC2C1. The smallest absolute Gasteiger partial charge is 0.0111 e. The van der Waals surface area contributed by atoms with Gasteiger partial charge in [0.05, 0.1) is 0 Å². The predicted octanol–water partition coefficient (Wildman–Crippen LogP) is 2.74. The summed E-state index contributed by atoms with van der Waals surface area (Å²) in [5, 5.41) is 3.78. The van der Waals surface area contributed by atoms with Crippen LogP contribution < -0.4 is 5.32 Å². The van der Waals surface area contributed by atoms with Gasteiger partial charge in [0.25, 0.3) is 0 Å². The number of thioether (sulfide) groups is 1. The second-order valence-electron chi connectivity index (χ2n) is 5.56. The van der Waals surface area contributed by atoms with Crippen LogP contribution in [-0.4, -0.2) is 48.6 Å². The van der Waals surface area contributed by atoms with Crippen molar-refractivity contribution in [3.05, 3.63) is 0 Å². The van der Waals surface area contributed by atoms with Crippen LogP contribution in [-0.2, 0) is 0 Å². The van der Waals surface area contributed by atoms with Gasteiger partial charge in [-0.3, -0.25) is 0 Å². The summed E-state index contributed by atoms with van der Waals surface area (Å²) < 4.78 is 0. The number of rotatable bonds is 7. The van der Waals surface area contributed by atoms with E-state index in [2.05, 4.69) is 16.5 Å². The molecule has 0 saturated carbocycles. The fourth-order valence-corrected chi connectivity index (χ4v) is 3.76. The van der Waals surface area contributed by atoms with Crippen LogP contribution in [0, 0.1) is 0 Å². The maximum absolute atomic E-state index is 3.78. The summed E-state index contributed by atoms with van der Waals surface area (Å²) in [7, 11) is 0. The van der Waals surface area contributed by atoms with Gasteiger partial charge < -0.3 is 10.2 Å². The number of nitrogens with zero attached hydrogens (tertiary/aromatic N) is 1. The average molecular weight is 256 g/mol. The third kappa shape index (κ3) is 4.46. The van der Waals surface area contributed by atoms with E-state index in [0.717, 1.165) is 12.1 Å². The Bertz CT molecular complexity index is 210. The Balaban J connectivity index is 1.51. The number of unbranched alkanes of at least 4 members (excludes halogenated alkanes) is 2. The second-order valence-corrected chi connectivity index (χ2v) is 6.55. The molecule has 2 heterocycles. The van der Waals surface area contributed by atoms with Crippen LogP contribution in [0.5, 0.6) is 0 Å². The Morgan fingerprint density at radius 2 is 2.12 bits per heavy atom. The predicted molar refractivity (Wildman–Crippen MR) is 77.9 cm³/mol. The molecule has 0 bridgehead atoms. The second kappa shape index (κ2) is 7.65. The minimum absolute atomic E-state index is 0.815. The molecule has 100 valence electrons. The summed E-state index contributed by atoms with van der Waals surface area (Å²) in [6, 6.07) is 1.73. The first kappa shape index (κ1) is 13.7. The first-order chi connectivity index (χ1) is 8.40. The summed E-state index contributed by atoms with van der Waals surface area (Å²) >= 11 is 1.97. The van der Waals surface area contributed by atoms with Crippen molar-refractivity contribution in [1.82, 2.24) is 10.2 Å². The molecule has 2 nitrogen and oxygen atoms in total. The molecular weight excluding hydrogens is 228 g/mol. The highest BCUT2D eigenvalue weighted by atomic mass is 32.2. The molecule has 0 radical (unpaired) electrons. The number of nitrogens with one attached hydrogen (secondary N) is 1. The van der Waals surface area contributed by atoms with Gasteiger partial charge in [-0.15, -0.1) is 0 Å². The summed E-state index contributed by atoms with van der Waals surface area (Å²) in [4.78, 5) is 2.71. The van der Waals surface area contributed by atoms with E-state index in [9.17, 15) is 0 Å². The fraction of sp³-hybridized carbons (Fsp3) is 1.00. The molecule has 2 unspecified atom stereocenters. The van der Waals surface area contributed by atoms with Crippen molar-refractivity contribution < 1.29 is 0 Å². The van der Waals surface area contributed by atoms with Crippen LogP contribution in [0.25, 0.3) is 0 Å². The van der Waals surface area contributed by atoms with E-state index >= 15 is 0 Å². The van der Waals surface area contributed by atoms with Gasteiger partial charge in [0.2, 0.25) is 0 Å². The van der Waals surface area contributed by atoms with Crippen LogP contribution in [0.4, 0.5) is 0 Å². The third-order valence-electron chi connectivity index (χ3n) is 4.28. The van der Waals surface area contributed by atoms with Crippen molar-refractivity contribution in [2.24, 2.45) is 0 Å². The van der Waals surface area contributed by atoms with Gasteiger partial charge in [-0.05, 0) is 70.2 Å². The van der Waals surface area contributed by atoms with Crippen LogP contribution >= 0.6 is 11.8 Å². The van der Waals surface area contributed by atoms with Gasteiger partial charge >= 0.3 is 0 Å². The first-order valence-electron chi connectivity index (χ1n) is 7.36. The minimum atomic E-state index is 0.815. The molecular formula is C14H28N2S. The third-order valence-corrected chi connectivity index (χ3v) is 4.98. The Kier molecular flexibility index (Phi) is 6.16. The van der Waals surface area contributed by atoms with Crippen molar-refractivity contribution in [1.29, 1.82) is 0 Å².